The van der Waals surface area contributed by atoms with Crippen LogP contribution in [0.3, 0.4) is 0 Å². The van der Waals surface area contributed by atoms with Gasteiger partial charge in [0.15, 0.2) is 0 Å². The van der Waals surface area contributed by atoms with Crippen LogP contribution in [0.25, 0.3) is 0 Å². The molecular formula is C14H36N6. The molecule has 0 aliphatic heterocycles. The number of rotatable bonds is 12. The fourth-order valence-corrected chi connectivity index (χ4v) is 2.68. The van der Waals surface area contributed by atoms with E-state index in [1.54, 1.807) is 0 Å². The van der Waals surface area contributed by atoms with Crippen molar-refractivity contribution < 1.29 is 0 Å². The van der Waals surface area contributed by atoms with E-state index in [4.69, 9.17) is 17.2 Å². The second-order valence-electron chi connectivity index (χ2n) is 5.76. The summed E-state index contributed by atoms with van der Waals surface area (Å²) < 4.78 is 0. The molecule has 122 valence electrons. The molecule has 0 amide bonds. The lowest BCUT2D eigenvalue weighted by molar-refractivity contribution is 0.113. The van der Waals surface area contributed by atoms with Crippen LogP contribution in [0.2, 0.25) is 0 Å². The van der Waals surface area contributed by atoms with E-state index in [0.717, 1.165) is 19.6 Å². The Labute approximate surface area is 124 Å². The minimum absolute atomic E-state index is 0.0273. The minimum Gasteiger partial charge on any atom is -0.329 e. The largest absolute Gasteiger partial charge is 0.329 e. The van der Waals surface area contributed by atoms with Crippen molar-refractivity contribution in [3.05, 3.63) is 0 Å². The van der Waals surface area contributed by atoms with Crippen LogP contribution in [-0.2, 0) is 0 Å². The molecule has 0 saturated heterocycles. The summed E-state index contributed by atoms with van der Waals surface area (Å²) in [7, 11) is 0. The first-order chi connectivity index (χ1) is 9.44. The Balaban J connectivity index is 4.88. The Kier molecular flexibility index (Phi) is 10.4. The maximum Gasteiger partial charge on any atom is 0.0127 e. The Morgan fingerprint density at radius 2 is 0.950 bits per heavy atom. The first-order valence-electron chi connectivity index (χ1n) is 7.75. The van der Waals surface area contributed by atoms with Gasteiger partial charge in [0.2, 0.25) is 0 Å². The van der Waals surface area contributed by atoms with Gasteiger partial charge in [0.1, 0.15) is 0 Å². The zero-order valence-corrected chi connectivity index (χ0v) is 13.7. The van der Waals surface area contributed by atoms with Crippen molar-refractivity contribution in [2.75, 3.05) is 39.3 Å². The van der Waals surface area contributed by atoms with Crippen molar-refractivity contribution in [1.29, 1.82) is 0 Å². The van der Waals surface area contributed by atoms with Gasteiger partial charge in [0, 0.05) is 62.8 Å². The molecule has 0 aliphatic rings. The molecule has 6 heteroatoms. The molecule has 6 nitrogen and oxygen atoms in total. The van der Waals surface area contributed by atoms with Gasteiger partial charge in [-0.15, -0.1) is 0 Å². The van der Waals surface area contributed by atoms with Crippen molar-refractivity contribution in [2.24, 2.45) is 22.6 Å². The highest BCUT2D eigenvalue weighted by molar-refractivity contribution is 4.99. The molecule has 0 fully saturated rings. The fourth-order valence-electron chi connectivity index (χ4n) is 2.68. The van der Waals surface area contributed by atoms with Gasteiger partial charge in [-0.2, -0.15) is 0 Å². The van der Waals surface area contributed by atoms with E-state index in [-0.39, 0.29) is 5.41 Å². The van der Waals surface area contributed by atoms with Crippen LogP contribution in [0, 0.1) is 5.41 Å². The van der Waals surface area contributed by atoms with E-state index < -0.39 is 0 Å². The zero-order valence-electron chi connectivity index (χ0n) is 13.7. The summed E-state index contributed by atoms with van der Waals surface area (Å²) in [6.07, 6.45) is 0. The van der Waals surface area contributed by atoms with Gasteiger partial charge >= 0.3 is 0 Å². The first kappa shape index (κ1) is 19.8. The summed E-state index contributed by atoms with van der Waals surface area (Å²) >= 11 is 0. The molecule has 9 N–H and O–H groups in total. The van der Waals surface area contributed by atoms with Crippen molar-refractivity contribution in [2.45, 2.75) is 45.8 Å². The molecule has 20 heavy (non-hydrogen) atoms. The summed E-state index contributed by atoms with van der Waals surface area (Å²) in [5.74, 6) is 0. The van der Waals surface area contributed by atoms with E-state index in [9.17, 15) is 0 Å². The predicted molar refractivity (Wildman–Crippen MR) is 87.7 cm³/mol. The molecule has 0 heterocycles. The zero-order chi connectivity index (χ0) is 15.6. The van der Waals surface area contributed by atoms with E-state index in [2.05, 4.69) is 43.6 Å². The normalized spacial score (nSPS) is 19.4. The molecular weight excluding hydrogens is 252 g/mol. The summed E-state index contributed by atoms with van der Waals surface area (Å²) in [6.45, 7) is 13.4. The van der Waals surface area contributed by atoms with Gasteiger partial charge in [-0.1, -0.05) is 6.92 Å². The third kappa shape index (κ3) is 5.63. The van der Waals surface area contributed by atoms with Crippen LogP contribution >= 0.6 is 0 Å². The third-order valence-corrected chi connectivity index (χ3v) is 4.58. The summed E-state index contributed by atoms with van der Waals surface area (Å²) in [5, 5.41) is 10.6. The third-order valence-electron chi connectivity index (χ3n) is 4.58. The quantitative estimate of drug-likeness (QED) is 0.269. The van der Waals surface area contributed by atoms with Gasteiger partial charge in [0.25, 0.3) is 0 Å². The lowest BCUT2D eigenvalue weighted by Crippen LogP contribution is -2.62. The second kappa shape index (κ2) is 10.5. The van der Waals surface area contributed by atoms with E-state index in [1.807, 2.05) is 0 Å². The number of hydrogen-bond acceptors (Lipinski definition) is 6. The number of nitrogens with one attached hydrogen (secondary N) is 3. The second-order valence-corrected chi connectivity index (χ2v) is 5.76. The number of nitrogens with two attached hydrogens (primary N) is 3. The standard InChI is InChI=1S/C14H36N6/c1-11(18-8-5-15)14(4,12(2)19-9-6-16)13(3)20-10-7-17/h11-13,18-20H,5-10,15-17H2,1-4H3. The Hall–Kier alpha value is -0.240. The maximum atomic E-state index is 5.61. The molecule has 0 saturated carbocycles. The van der Waals surface area contributed by atoms with Crippen LogP contribution in [0.5, 0.6) is 0 Å². The Bertz CT molecular complexity index is 200. The van der Waals surface area contributed by atoms with Crippen LogP contribution in [0.1, 0.15) is 27.7 Å². The molecule has 3 unspecified atom stereocenters. The maximum absolute atomic E-state index is 5.61. The minimum atomic E-state index is 0.0273. The van der Waals surface area contributed by atoms with Crippen LogP contribution < -0.4 is 33.2 Å². The van der Waals surface area contributed by atoms with Crippen molar-refractivity contribution in [1.82, 2.24) is 16.0 Å². The van der Waals surface area contributed by atoms with Gasteiger partial charge in [-0.3, -0.25) is 0 Å². The lowest BCUT2D eigenvalue weighted by atomic mass is 9.71. The highest BCUT2D eigenvalue weighted by Crippen LogP contribution is 2.30. The molecule has 0 aliphatic carbocycles. The SMILES string of the molecule is CC(NCCN)C(C)(C(C)NCCN)C(C)NCCN. The number of hydrogen-bond donors (Lipinski definition) is 6. The fraction of sp³-hybridized carbons (Fsp3) is 1.00. The molecule has 0 bridgehead atoms. The van der Waals surface area contributed by atoms with Crippen LogP contribution in [-0.4, -0.2) is 57.4 Å². The average Bonchev–Trinajstić information content (AvgIpc) is 2.46. The molecule has 0 spiro atoms. The molecule has 0 aromatic carbocycles. The average molecular weight is 288 g/mol. The molecule has 0 rings (SSSR count). The van der Waals surface area contributed by atoms with Gasteiger partial charge in [-0.25, -0.2) is 0 Å². The van der Waals surface area contributed by atoms with Crippen LogP contribution in [0.15, 0.2) is 0 Å². The van der Waals surface area contributed by atoms with Gasteiger partial charge < -0.3 is 33.2 Å². The van der Waals surface area contributed by atoms with Crippen molar-refractivity contribution >= 4 is 0 Å². The molecule has 3 atom stereocenters. The smallest absolute Gasteiger partial charge is 0.0127 e. The van der Waals surface area contributed by atoms with Crippen molar-refractivity contribution in [3.8, 4) is 0 Å². The van der Waals surface area contributed by atoms with Crippen molar-refractivity contribution in [3.63, 3.8) is 0 Å². The monoisotopic (exact) mass is 288 g/mol. The summed E-state index contributed by atoms with van der Waals surface area (Å²) in [4.78, 5) is 0. The molecule has 0 radical (unpaired) electrons. The van der Waals surface area contributed by atoms with E-state index >= 15 is 0 Å². The molecule has 0 aromatic rings. The lowest BCUT2D eigenvalue weighted by Gasteiger charge is -2.46. The highest BCUT2D eigenvalue weighted by atomic mass is 15.0. The van der Waals surface area contributed by atoms with E-state index in [0.29, 0.717) is 37.8 Å². The van der Waals surface area contributed by atoms with Crippen LogP contribution in [0.4, 0.5) is 0 Å². The first-order valence-corrected chi connectivity index (χ1v) is 7.75. The molecule has 0 aromatic heterocycles. The van der Waals surface area contributed by atoms with Gasteiger partial charge in [0.05, 0.1) is 0 Å². The van der Waals surface area contributed by atoms with Gasteiger partial charge in [-0.05, 0) is 20.8 Å². The Morgan fingerprint density at radius 1 is 0.700 bits per heavy atom. The predicted octanol–water partition coefficient (Wildman–Crippen LogP) is -1.20. The Morgan fingerprint density at radius 3 is 1.15 bits per heavy atom. The van der Waals surface area contributed by atoms with E-state index in [1.165, 1.54) is 0 Å². The topological polar surface area (TPSA) is 114 Å². The summed E-state index contributed by atoms with van der Waals surface area (Å²) in [5.41, 5.74) is 16.8. The highest BCUT2D eigenvalue weighted by Gasteiger charge is 2.41. The summed E-state index contributed by atoms with van der Waals surface area (Å²) in [6, 6.07) is 0.977.